The maximum absolute atomic E-state index is 12.1. The second kappa shape index (κ2) is 7.95. The molecule has 0 saturated carbocycles. The van der Waals surface area contributed by atoms with Crippen molar-refractivity contribution in [1.82, 2.24) is 4.90 Å². The molecule has 0 aliphatic heterocycles. The quantitative estimate of drug-likeness (QED) is 0.767. The summed E-state index contributed by atoms with van der Waals surface area (Å²) >= 11 is 0. The van der Waals surface area contributed by atoms with Gasteiger partial charge >= 0.3 is 0 Å². The number of carbonyl (C=O) groups excluding carboxylic acids is 1. The Morgan fingerprint density at radius 1 is 1.21 bits per heavy atom. The Balaban J connectivity index is 2.47. The molecule has 0 atom stereocenters. The van der Waals surface area contributed by atoms with Crippen LogP contribution in [0.2, 0.25) is 0 Å². The van der Waals surface area contributed by atoms with E-state index in [2.05, 4.69) is 32.0 Å². The van der Waals surface area contributed by atoms with Gasteiger partial charge in [-0.05, 0) is 44.4 Å². The summed E-state index contributed by atoms with van der Waals surface area (Å²) in [4.78, 5) is 14.0. The summed E-state index contributed by atoms with van der Waals surface area (Å²) in [6.07, 6.45) is 3.67. The van der Waals surface area contributed by atoms with Crippen molar-refractivity contribution in [2.45, 2.75) is 39.5 Å². The molecule has 0 aliphatic rings. The highest BCUT2D eigenvalue weighted by Gasteiger charge is 2.10. The lowest BCUT2D eigenvalue weighted by atomic mass is 10.0. The Morgan fingerprint density at radius 3 is 2.63 bits per heavy atom. The van der Waals surface area contributed by atoms with Crippen molar-refractivity contribution in [2.24, 2.45) is 5.73 Å². The van der Waals surface area contributed by atoms with E-state index in [4.69, 9.17) is 5.73 Å². The standard InChI is InChI=1S/C16H26N2O/c1-13-7-8-14(2)15(11-13)12-16(19)18(3)10-6-4-5-9-17/h7-8,11H,4-6,9-10,12,17H2,1-3H3. The molecule has 0 bridgehead atoms. The fourth-order valence-electron chi connectivity index (χ4n) is 2.08. The van der Waals surface area contributed by atoms with Gasteiger partial charge in [-0.2, -0.15) is 0 Å². The van der Waals surface area contributed by atoms with Crippen molar-refractivity contribution < 1.29 is 4.79 Å². The van der Waals surface area contributed by atoms with E-state index in [1.54, 1.807) is 0 Å². The number of hydrogen-bond acceptors (Lipinski definition) is 2. The minimum absolute atomic E-state index is 0.196. The molecule has 0 unspecified atom stereocenters. The zero-order chi connectivity index (χ0) is 14.3. The third-order valence-corrected chi connectivity index (χ3v) is 3.47. The second-order valence-electron chi connectivity index (χ2n) is 5.27. The molecule has 3 nitrogen and oxygen atoms in total. The van der Waals surface area contributed by atoms with Crippen LogP contribution < -0.4 is 5.73 Å². The van der Waals surface area contributed by atoms with Crippen molar-refractivity contribution in [3.63, 3.8) is 0 Å². The van der Waals surface area contributed by atoms with Gasteiger partial charge in [-0.15, -0.1) is 0 Å². The van der Waals surface area contributed by atoms with Gasteiger partial charge in [-0.25, -0.2) is 0 Å². The number of aryl methyl sites for hydroxylation is 2. The summed E-state index contributed by atoms with van der Waals surface area (Å²) in [6, 6.07) is 6.27. The molecule has 1 amide bonds. The number of rotatable bonds is 7. The van der Waals surface area contributed by atoms with Crippen LogP contribution in [0, 0.1) is 13.8 Å². The highest BCUT2D eigenvalue weighted by atomic mass is 16.2. The first kappa shape index (κ1) is 15.7. The molecule has 0 fully saturated rings. The predicted molar refractivity (Wildman–Crippen MR) is 80.2 cm³/mol. The van der Waals surface area contributed by atoms with Gasteiger partial charge in [-0.3, -0.25) is 4.79 Å². The monoisotopic (exact) mass is 262 g/mol. The normalized spacial score (nSPS) is 10.5. The molecule has 0 spiro atoms. The number of nitrogens with two attached hydrogens (primary N) is 1. The molecule has 0 saturated heterocycles. The van der Waals surface area contributed by atoms with E-state index in [9.17, 15) is 4.79 Å². The summed E-state index contributed by atoms with van der Waals surface area (Å²) in [5.74, 6) is 0.196. The van der Waals surface area contributed by atoms with Crippen LogP contribution in [0.1, 0.15) is 36.0 Å². The first-order chi connectivity index (χ1) is 9.04. The van der Waals surface area contributed by atoms with E-state index in [-0.39, 0.29) is 5.91 Å². The largest absolute Gasteiger partial charge is 0.345 e. The SMILES string of the molecule is Cc1ccc(C)c(CC(=O)N(C)CCCCCN)c1. The molecule has 0 aromatic heterocycles. The van der Waals surface area contributed by atoms with Gasteiger partial charge in [0.25, 0.3) is 0 Å². The van der Waals surface area contributed by atoms with Crippen LogP contribution in [0.15, 0.2) is 18.2 Å². The molecule has 19 heavy (non-hydrogen) atoms. The minimum atomic E-state index is 0.196. The Hall–Kier alpha value is -1.35. The molecule has 1 aromatic rings. The van der Waals surface area contributed by atoms with Gasteiger partial charge in [0, 0.05) is 13.6 Å². The van der Waals surface area contributed by atoms with E-state index in [1.165, 1.54) is 11.1 Å². The molecule has 1 rings (SSSR count). The Kier molecular flexibility index (Phi) is 6.57. The Bertz CT molecular complexity index is 415. The Morgan fingerprint density at radius 2 is 1.95 bits per heavy atom. The zero-order valence-corrected chi connectivity index (χ0v) is 12.4. The van der Waals surface area contributed by atoms with Crippen LogP contribution in [0.25, 0.3) is 0 Å². The number of unbranched alkanes of at least 4 members (excludes halogenated alkanes) is 2. The van der Waals surface area contributed by atoms with Crippen molar-refractivity contribution >= 4 is 5.91 Å². The topological polar surface area (TPSA) is 46.3 Å². The summed E-state index contributed by atoms with van der Waals surface area (Å²) in [6.45, 7) is 5.68. The minimum Gasteiger partial charge on any atom is -0.345 e. The van der Waals surface area contributed by atoms with Crippen LogP contribution in [-0.2, 0) is 11.2 Å². The average molecular weight is 262 g/mol. The van der Waals surface area contributed by atoms with E-state index >= 15 is 0 Å². The molecule has 3 heteroatoms. The maximum Gasteiger partial charge on any atom is 0.226 e. The van der Waals surface area contributed by atoms with Gasteiger partial charge in [0.1, 0.15) is 0 Å². The molecule has 2 N–H and O–H groups in total. The maximum atomic E-state index is 12.1. The van der Waals surface area contributed by atoms with Gasteiger partial charge in [0.15, 0.2) is 0 Å². The number of hydrogen-bond donors (Lipinski definition) is 1. The molecule has 0 aliphatic carbocycles. The van der Waals surface area contributed by atoms with Crippen LogP contribution in [0.3, 0.4) is 0 Å². The number of amides is 1. The van der Waals surface area contributed by atoms with E-state index < -0.39 is 0 Å². The summed E-state index contributed by atoms with van der Waals surface area (Å²) < 4.78 is 0. The second-order valence-corrected chi connectivity index (χ2v) is 5.27. The Labute approximate surface area is 116 Å². The molecule has 106 valence electrons. The first-order valence-corrected chi connectivity index (χ1v) is 7.04. The summed E-state index contributed by atoms with van der Waals surface area (Å²) in [5, 5.41) is 0. The van der Waals surface area contributed by atoms with Gasteiger partial charge in [0.2, 0.25) is 5.91 Å². The smallest absolute Gasteiger partial charge is 0.226 e. The first-order valence-electron chi connectivity index (χ1n) is 7.04. The fourth-order valence-corrected chi connectivity index (χ4v) is 2.08. The van der Waals surface area contributed by atoms with Crippen molar-refractivity contribution in [2.75, 3.05) is 20.1 Å². The third-order valence-electron chi connectivity index (χ3n) is 3.47. The van der Waals surface area contributed by atoms with Gasteiger partial charge in [0.05, 0.1) is 6.42 Å². The van der Waals surface area contributed by atoms with Crippen molar-refractivity contribution in [1.29, 1.82) is 0 Å². The third kappa shape index (κ3) is 5.43. The molecule has 0 radical (unpaired) electrons. The summed E-state index contributed by atoms with van der Waals surface area (Å²) in [7, 11) is 1.88. The lowest BCUT2D eigenvalue weighted by Gasteiger charge is -2.18. The van der Waals surface area contributed by atoms with Gasteiger partial charge < -0.3 is 10.6 Å². The zero-order valence-electron chi connectivity index (χ0n) is 12.4. The van der Waals surface area contributed by atoms with E-state index in [1.807, 2.05) is 11.9 Å². The molecule has 1 aromatic carbocycles. The van der Waals surface area contributed by atoms with E-state index in [0.29, 0.717) is 6.42 Å². The number of benzene rings is 1. The average Bonchev–Trinajstić information content (AvgIpc) is 2.38. The van der Waals surface area contributed by atoms with Gasteiger partial charge in [-0.1, -0.05) is 30.2 Å². The van der Waals surface area contributed by atoms with E-state index in [0.717, 1.165) is 37.9 Å². The van der Waals surface area contributed by atoms with Crippen molar-refractivity contribution in [3.05, 3.63) is 34.9 Å². The van der Waals surface area contributed by atoms with Crippen LogP contribution >= 0.6 is 0 Å². The molecular weight excluding hydrogens is 236 g/mol. The molecular formula is C16H26N2O. The lowest BCUT2D eigenvalue weighted by Crippen LogP contribution is -2.29. The fraction of sp³-hybridized carbons (Fsp3) is 0.562. The lowest BCUT2D eigenvalue weighted by molar-refractivity contribution is -0.129. The highest BCUT2D eigenvalue weighted by Crippen LogP contribution is 2.12. The van der Waals surface area contributed by atoms with Crippen LogP contribution in [-0.4, -0.2) is 30.9 Å². The predicted octanol–water partition coefficient (Wildman–Crippen LogP) is 2.43. The van der Waals surface area contributed by atoms with Crippen molar-refractivity contribution in [3.8, 4) is 0 Å². The van der Waals surface area contributed by atoms with Crippen LogP contribution in [0.4, 0.5) is 0 Å². The van der Waals surface area contributed by atoms with Crippen LogP contribution in [0.5, 0.6) is 0 Å². The number of nitrogens with zero attached hydrogens (tertiary/aromatic N) is 1. The number of likely N-dealkylation sites (N-methyl/N-ethyl adjacent to an activating group) is 1. The number of carbonyl (C=O) groups is 1. The molecule has 0 heterocycles. The highest BCUT2D eigenvalue weighted by molar-refractivity contribution is 5.78. The summed E-state index contributed by atoms with van der Waals surface area (Å²) in [5.41, 5.74) is 8.99.